The Labute approximate surface area is 147 Å². The largest absolute Gasteiger partial charge is 0.391 e. The molecule has 1 aromatic carbocycles. The average Bonchev–Trinajstić information content (AvgIpc) is 3.01. The van der Waals surface area contributed by atoms with Gasteiger partial charge in [0, 0.05) is 25.6 Å². The van der Waals surface area contributed by atoms with E-state index in [9.17, 15) is 9.90 Å². The minimum absolute atomic E-state index is 0. The SMILES string of the molecule is Cc1nc2ccccc2n1CC(=O)NCC1CNCC1O.Cl.Cl. The second-order valence-corrected chi connectivity index (χ2v) is 5.52. The van der Waals surface area contributed by atoms with E-state index >= 15 is 0 Å². The van der Waals surface area contributed by atoms with Crippen LogP contribution in [0.5, 0.6) is 0 Å². The molecule has 1 amide bonds. The number of benzene rings is 1. The van der Waals surface area contributed by atoms with Gasteiger partial charge in [-0.1, -0.05) is 12.1 Å². The maximum absolute atomic E-state index is 12.1. The number of β-amino-alcohol motifs (C(OH)–C–C–N with tert-alkyl or cyclic N) is 1. The molecule has 6 nitrogen and oxygen atoms in total. The number of carbonyl (C=O) groups is 1. The lowest BCUT2D eigenvalue weighted by molar-refractivity contribution is -0.121. The van der Waals surface area contributed by atoms with E-state index in [2.05, 4.69) is 15.6 Å². The Morgan fingerprint density at radius 2 is 2.13 bits per heavy atom. The molecule has 1 fully saturated rings. The lowest BCUT2D eigenvalue weighted by Crippen LogP contribution is -2.36. The van der Waals surface area contributed by atoms with Gasteiger partial charge in [-0.2, -0.15) is 0 Å². The van der Waals surface area contributed by atoms with Crippen molar-refractivity contribution >= 4 is 41.8 Å². The van der Waals surface area contributed by atoms with Crippen LogP contribution in [0.4, 0.5) is 0 Å². The van der Waals surface area contributed by atoms with Crippen molar-refractivity contribution in [3.05, 3.63) is 30.1 Å². The Kier molecular flexibility index (Phi) is 7.28. The predicted octanol–water partition coefficient (Wildman–Crippen LogP) is 0.885. The highest BCUT2D eigenvalue weighted by atomic mass is 35.5. The lowest BCUT2D eigenvalue weighted by Gasteiger charge is -2.14. The summed E-state index contributed by atoms with van der Waals surface area (Å²) in [5.74, 6) is 0.865. The van der Waals surface area contributed by atoms with E-state index in [1.807, 2.05) is 35.8 Å². The third-order valence-electron chi connectivity index (χ3n) is 4.01. The van der Waals surface area contributed by atoms with Crippen molar-refractivity contribution in [2.75, 3.05) is 19.6 Å². The quantitative estimate of drug-likeness (QED) is 0.756. The van der Waals surface area contributed by atoms with E-state index in [0.717, 1.165) is 23.4 Å². The number of aliphatic hydroxyl groups excluding tert-OH is 1. The highest BCUT2D eigenvalue weighted by Gasteiger charge is 2.25. The van der Waals surface area contributed by atoms with Crippen molar-refractivity contribution in [3.63, 3.8) is 0 Å². The Morgan fingerprint density at radius 1 is 1.39 bits per heavy atom. The van der Waals surface area contributed by atoms with E-state index in [1.54, 1.807) is 0 Å². The molecule has 0 radical (unpaired) electrons. The summed E-state index contributed by atoms with van der Waals surface area (Å²) in [5.41, 5.74) is 1.87. The van der Waals surface area contributed by atoms with Gasteiger partial charge in [0.25, 0.3) is 0 Å². The summed E-state index contributed by atoms with van der Waals surface area (Å²) >= 11 is 0. The fraction of sp³-hybridized carbons (Fsp3) is 0.467. The number of imidazole rings is 1. The first-order valence-corrected chi connectivity index (χ1v) is 7.22. The van der Waals surface area contributed by atoms with Crippen molar-refractivity contribution in [1.82, 2.24) is 20.2 Å². The standard InChI is InChI=1S/C15H20N4O2.2ClH/c1-10-18-12-4-2-3-5-13(12)19(10)9-15(21)17-7-11-6-16-8-14(11)20;;/h2-5,11,14,16,20H,6-9H2,1H3,(H,17,21);2*1H. The number of hydrogen-bond acceptors (Lipinski definition) is 4. The van der Waals surface area contributed by atoms with Crippen molar-refractivity contribution < 1.29 is 9.90 Å². The predicted molar refractivity (Wildman–Crippen MR) is 94.3 cm³/mol. The molecule has 23 heavy (non-hydrogen) atoms. The molecule has 0 spiro atoms. The molecule has 1 aliphatic heterocycles. The van der Waals surface area contributed by atoms with Crippen molar-refractivity contribution in [2.24, 2.45) is 5.92 Å². The first kappa shape index (κ1) is 19.7. The molecule has 1 aliphatic rings. The van der Waals surface area contributed by atoms with Gasteiger partial charge in [0.2, 0.25) is 5.91 Å². The summed E-state index contributed by atoms with van der Waals surface area (Å²) < 4.78 is 1.91. The molecule has 8 heteroatoms. The molecule has 0 saturated carbocycles. The topological polar surface area (TPSA) is 79.2 Å². The molecule has 2 atom stereocenters. The van der Waals surface area contributed by atoms with Gasteiger partial charge >= 0.3 is 0 Å². The van der Waals surface area contributed by atoms with Gasteiger partial charge in [0.15, 0.2) is 0 Å². The minimum Gasteiger partial charge on any atom is -0.391 e. The van der Waals surface area contributed by atoms with Gasteiger partial charge in [-0.3, -0.25) is 4.79 Å². The molecule has 0 aliphatic carbocycles. The van der Waals surface area contributed by atoms with Crippen LogP contribution in [0.15, 0.2) is 24.3 Å². The van der Waals surface area contributed by atoms with Crippen LogP contribution in [-0.2, 0) is 11.3 Å². The van der Waals surface area contributed by atoms with Crippen LogP contribution >= 0.6 is 24.8 Å². The maximum Gasteiger partial charge on any atom is 0.240 e. The molecular weight excluding hydrogens is 339 g/mol. The molecule has 3 N–H and O–H groups in total. The number of rotatable bonds is 4. The molecule has 0 bridgehead atoms. The summed E-state index contributed by atoms with van der Waals surface area (Å²) in [6.07, 6.45) is -0.374. The number of hydrogen-bond donors (Lipinski definition) is 3. The molecule has 3 rings (SSSR count). The number of carbonyl (C=O) groups excluding carboxylic acids is 1. The molecule has 2 aromatic rings. The zero-order valence-corrected chi connectivity index (χ0v) is 14.5. The van der Waals surface area contributed by atoms with Crippen LogP contribution in [0.25, 0.3) is 11.0 Å². The van der Waals surface area contributed by atoms with Crippen LogP contribution < -0.4 is 10.6 Å². The second kappa shape index (κ2) is 8.49. The van der Waals surface area contributed by atoms with Crippen LogP contribution in [0.3, 0.4) is 0 Å². The van der Waals surface area contributed by atoms with Gasteiger partial charge < -0.3 is 20.3 Å². The molecule has 2 unspecified atom stereocenters. The summed E-state index contributed by atoms with van der Waals surface area (Å²) in [6.45, 7) is 4.00. The molecule has 128 valence electrons. The van der Waals surface area contributed by atoms with E-state index < -0.39 is 0 Å². The van der Waals surface area contributed by atoms with Crippen LogP contribution in [0.1, 0.15) is 5.82 Å². The second-order valence-electron chi connectivity index (χ2n) is 5.52. The Balaban J connectivity index is 0.00000132. The first-order chi connectivity index (χ1) is 10.1. The number of nitrogens with zero attached hydrogens (tertiary/aromatic N) is 2. The van der Waals surface area contributed by atoms with E-state index in [1.165, 1.54) is 0 Å². The van der Waals surface area contributed by atoms with Crippen molar-refractivity contribution in [2.45, 2.75) is 19.6 Å². The molecule has 1 aromatic heterocycles. The zero-order chi connectivity index (χ0) is 14.8. The van der Waals surface area contributed by atoms with Crippen LogP contribution in [0.2, 0.25) is 0 Å². The number of para-hydroxylation sites is 2. The normalized spacial score (nSPS) is 19.9. The van der Waals surface area contributed by atoms with Crippen molar-refractivity contribution in [1.29, 1.82) is 0 Å². The minimum atomic E-state index is -0.374. The smallest absolute Gasteiger partial charge is 0.240 e. The van der Waals surface area contributed by atoms with Gasteiger partial charge in [0.05, 0.1) is 17.1 Å². The van der Waals surface area contributed by atoms with Gasteiger partial charge in [-0.05, 0) is 19.1 Å². The number of nitrogens with one attached hydrogen (secondary N) is 2. The fourth-order valence-corrected chi connectivity index (χ4v) is 2.77. The highest BCUT2D eigenvalue weighted by molar-refractivity contribution is 5.85. The third-order valence-corrected chi connectivity index (χ3v) is 4.01. The monoisotopic (exact) mass is 360 g/mol. The molecular formula is C15H22Cl2N4O2. The fourth-order valence-electron chi connectivity index (χ4n) is 2.77. The summed E-state index contributed by atoms with van der Waals surface area (Å²) in [7, 11) is 0. The summed E-state index contributed by atoms with van der Waals surface area (Å²) in [5, 5.41) is 15.7. The van der Waals surface area contributed by atoms with Crippen LogP contribution in [0, 0.1) is 12.8 Å². The zero-order valence-electron chi connectivity index (χ0n) is 12.9. The highest BCUT2D eigenvalue weighted by Crippen LogP contribution is 2.15. The number of aliphatic hydroxyl groups is 1. The Hall–Kier alpha value is -1.34. The average molecular weight is 361 g/mol. The summed E-state index contributed by atoms with van der Waals surface area (Å²) in [4.78, 5) is 16.6. The van der Waals surface area contributed by atoms with Crippen LogP contribution in [-0.4, -0.2) is 46.3 Å². The number of aromatic nitrogens is 2. The van der Waals surface area contributed by atoms with Gasteiger partial charge in [0.1, 0.15) is 12.4 Å². The van der Waals surface area contributed by atoms with Gasteiger partial charge in [-0.15, -0.1) is 24.8 Å². The lowest BCUT2D eigenvalue weighted by atomic mass is 10.1. The van der Waals surface area contributed by atoms with Gasteiger partial charge in [-0.25, -0.2) is 4.98 Å². The Bertz CT molecular complexity index is 662. The Morgan fingerprint density at radius 3 is 2.83 bits per heavy atom. The number of fused-ring (bicyclic) bond motifs is 1. The first-order valence-electron chi connectivity index (χ1n) is 7.22. The molecule has 2 heterocycles. The molecule has 1 saturated heterocycles. The van der Waals surface area contributed by atoms with Crippen molar-refractivity contribution in [3.8, 4) is 0 Å². The number of amides is 1. The van der Waals surface area contributed by atoms with E-state index in [-0.39, 0.29) is 49.3 Å². The van der Waals surface area contributed by atoms with E-state index in [4.69, 9.17) is 0 Å². The van der Waals surface area contributed by atoms with E-state index in [0.29, 0.717) is 13.1 Å². The summed E-state index contributed by atoms with van der Waals surface area (Å²) in [6, 6.07) is 7.79. The third kappa shape index (κ3) is 4.35. The number of halogens is 2. The number of aryl methyl sites for hydroxylation is 1. The maximum atomic E-state index is 12.1.